The maximum atomic E-state index is 11.6. The van der Waals surface area contributed by atoms with E-state index in [0.29, 0.717) is 16.6 Å². The highest BCUT2D eigenvalue weighted by molar-refractivity contribution is 6.42. The summed E-state index contributed by atoms with van der Waals surface area (Å²) in [6.45, 7) is 2.77. The Hall–Kier alpha value is -1.03. The van der Waals surface area contributed by atoms with Gasteiger partial charge in [-0.05, 0) is 42.5 Å². The molecule has 1 amide bonds. The second-order valence-corrected chi connectivity index (χ2v) is 5.54. The fraction of sp³-hybridized carbons (Fsp3) is 0.400. The first kappa shape index (κ1) is 17.0. The van der Waals surface area contributed by atoms with Crippen molar-refractivity contribution in [2.24, 2.45) is 5.92 Å². The second kappa shape index (κ2) is 9.01. The summed E-state index contributed by atoms with van der Waals surface area (Å²) in [5.74, 6) is 0.131. The molecule has 0 aliphatic rings. The smallest absolute Gasteiger partial charge is 0.243 e. The van der Waals surface area contributed by atoms with Gasteiger partial charge in [-0.1, -0.05) is 36.2 Å². The van der Waals surface area contributed by atoms with Crippen LogP contribution in [0.2, 0.25) is 10.0 Å². The van der Waals surface area contributed by atoms with Crippen molar-refractivity contribution in [1.82, 2.24) is 5.32 Å². The van der Waals surface area contributed by atoms with Crippen LogP contribution in [0.15, 0.2) is 24.3 Å². The van der Waals surface area contributed by atoms with Crippen molar-refractivity contribution in [3.05, 3.63) is 39.9 Å². The number of halogens is 2. The van der Waals surface area contributed by atoms with Crippen molar-refractivity contribution in [3.63, 3.8) is 0 Å². The first-order valence-corrected chi connectivity index (χ1v) is 7.30. The Balaban J connectivity index is 2.34. The number of aliphatic hydroxyl groups excluding tert-OH is 1. The average molecular weight is 316 g/mol. The Bertz CT molecular complexity index is 475. The van der Waals surface area contributed by atoms with Crippen LogP contribution >= 0.6 is 23.2 Å². The monoisotopic (exact) mass is 315 g/mol. The molecule has 0 aliphatic heterocycles. The molecule has 20 heavy (non-hydrogen) atoms. The van der Waals surface area contributed by atoms with Crippen LogP contribution in [0, 0.1) is 5.92 Å². The number of carbonyl (C=O) groups excluding carboxylic acids is 1. The van der Waals surface area contributed by atoms with E-state index in [1.165, 1.54) is 6.08 Å². The lowest BCUT2D eigenvalue weighted by Gasteiger charge is -2.07. The Morgan fingerprint density at radius 1 is 1.40 bits per heavy atom. The van der Waals surface area contributed by atoms with Gasteiger partial charge in [-0.2, -0.15) is 0 Å². The highest BCUT2D eigenvalue weighted by Gasteiger charge is 2.01. The predicted octanol–water partition coefficient (Wildman–Crippen LogP) is 3.53. The molecule has 1 aromatic rings. The van der Waals surface area contributed by atoms with E-state index in [0.717, 1.165) is 18.4 Å². The highest BCUT2D eigenvalue weighted by atomic mass is 35.5. The fourth-order valence-electron chi connectivity index (χ4n) is 1.60. The molecular formula is C15H19Cl2NO2. The van der Waals surface area contributed by atoms with Gasteiger partial charge in [0.05, 0.1) is 10.0 Å². The molecule has 0 radical (unpaired) electrons. The maximum absolute atomic E-state index is 11.6. The SMILES string of the molecule is CC(CO)CCCNC(=O)/C=C/c1ccc(Cl)c(Cl)c1. The van der Waals surface area contributed by atoms with E-state index in [1.807, 2.05) is 6.92 Å². The van der Waals surface area contributed by atoms with Gasteiger partial charge in [0, 0.05) is 19.2 Å². The lowest BCUT2D eigenvalue weighted by molar-refractivity contribution is -0.116. The van der Waals surface area contributed by atoms with Gasteiger partial charge in [0.15, 0.2) is 0 Å². The molecule has 0 saturated carbocycles. The molecule has 0 heterocycles. The minimum absolute atomic E-state index is 0.146. The summed E-state index contributed by atoms with van der Waals surface area (Å²) in [5, 5.41) is 12.6. The largest absolute Gasteiger partial charge is 0.396 e. The molecule has 0 saturated heterocycles. The predicted molar refractivity (Wildman–Crippen MR) is 84.0 cm³/mol. The number of hydrogen-bond donors (Lipinski definition) is 2. The van der Waals surface area contributed by atoms with Crippen molar-refractivity contribution < 1.29 is 9.90 Å². The molecule has 1 aromatic carbocycles. The van der Waals surface area contributed by atoms with E-state index < -0.39 is 0 Å². The fourth-order valence-corrected chi connectivity index (χ4v) is 1.91. The highest BCUT2D eigenvalue weighted by Crippen LogP contribution is 2.23. The molecule has 0 aliphatic carbocycles. The molecule has 0 aromatic heterocycles. The van der Waals surface area contributed by atoms with Crippen LogP contribution in [0.5, 0.6) is 0 Å². The van der Waals surface area contributed by atoms with Crippen molar-refractivity contribution in [2.75, 3.05) is 13.2 Å². The molecule has 0 bridgehead atoms. The summed E-state index contributed by atoms with van der Waals surface area (Å²) in [5.41, 5.74) is 0.823. The third kappa shape index (κ3) is 6.42. The zero-order valence-electron chi connectivity index (χ0n) is 11.4. The minimum Gasteiger partial charge on any atom is -0.396 e. The van der Waals surface area contributed by atoms with Gasteiger partial charge >= 0.3 is 0 Å². The Morgan fingerprint density at radius 2 is 2.15 bits per heavy atom. The number of aliphatic hydroxyl groups is 1. The molecule has 5 heteroatoms. The van der Waals surface area contributed by atoms with Crippen LogP contribution in [0.3, 0.4) is 0 Å². The molecule has 110 valence electrons. The topological polar surface area (TPSA) is 49.3 Å². The molecule has 1 unspecified atom stereocenters. The van der Waals surface area contributed by atoms with E-state index in [-0.39, 0.29) is 18.4 Å². The van der Waals surface area contributed by atoms with Gasteiger partial charge < -0.3 is 10.4 Å². The van der Waals surface area contributed by atoms with Crippen molar-refractivity contribution in [2.45, 2.75) is 19.8 Å². The summed E-state index contributed by atoms with van der Waals surface area (Å²) in [6, 6.07) is 5.19. The van der Waals surface area contributed by atoms with E-state index in [2.05, 4.69) is 5.32 Å². The Labute approximate surface area is 129 Å². The zero-order chi connectivity index (χ0) is 15.0. The number of benzene rings is 1. The number of carbonyl (C=O) groups is 1. The van der Waals surface area contributed by atoms with Crippen molar-refractivity contribution in [1.29, 1.82) is 0 Å². The second-order valence-electron chi connectivity index (χ2n) is 4.73. The Morgan fingerprint density at radius 3 is 2.80 bits per heavy atom. The average Bonchev–Trinajstić information content (AvgIpc) is 2.44. The van der Waals surface area contributed by atoms with Crippen molar-refractivity contribution in [3.8, 4) is 0 Å². The van der Waals surface area contributed by atoms with E-state index in [4.69, 9.17) is 28.3 Å². The first-order valence-electron chi connectivity index (χ1n) is 6.54. The van der Waals surface area contributed by atoms with Crippen LogP contribution in [0.1, 0.15) is 25.3 Å². The lowest BCUT2D eigenvalue weighted by atomic mass is 10.1. The summed E-state index contributed by atoms with van der Waals surface area (Å²) in [4.78, 5) is 11.6. The summed E-state index contributed by atoms with van der Waals surface area (Å²) in [6.07, 6.45) is 4.91. The first-order chi connectivity index (χ1) is 9.52. The third-order valence-corrected chi connectivity index (χ3v) is 3.59. The van der Waals surface area contributed by atoms with Crippen LogP contribution in [-0.2, 0) is 4.79 Å². The quantitative estimate of drug-likeness (QED) is 0.597. The summed E-state index contributed by atoms with van der Waals surface area (Å²) in [7, 11) is 0. The van der Waals surface area contributed by atoms with Gasteiger partial charge in [-0.25, -0.2) is 0 Å². The van der Waals surface area contributed by atoms with Crippen LogP contribution < -0.4 is 5.32 Å². The number of hydrogen-bond acceptors (Lipinski definition) is 2. The van der Waals surface area contributed by atoms with Gasteiger partial charge in [0.2, 0.25) is 5.91 Å². The third-order valence-electron chi connectivity index (χ3n) is 2.86. The molecule has 2 N–H and O–H groups in total. The molecule has 0 spiro atoms. The van der Waals surface area contributed by atoms with Crippen molar-refractivity contribution >= 4 is 35.2 Å². The van der Waals surface area contributed by atoms with E-state index in [9.17, 15) is 4.79 Å². The lowest BCUT2D eigenvalue weighted by Crippen LogP contribution is -2.22. The van der Waals surface area contributed by atoms with Crippen LogP contribution in [0.25, 0.3) is 6.08 Å². The van der Waals surface area contributed by atoms with Crippen LogP contribution in [-0.4, -0.2) is 24.2 Å². The Kier molecular flexibility index (Phi) is 7.67. The molecular weight excluding hydrogens is 297 g/mol. The number of nitrogens with one attached hydrogen (secondary N) is 1. The van der Waals surface area contributed by atoms with Gasteiger partial charge in [-0.15, -0.1) is 0 Å². The number of rotatable bonds is 7. The normalized spacial score (nSPS) is 12.6. The molecule has 3 nitrogen and oxygen atoms in total. The van der Waals surface area contributed by atoms with Gasteiger partial charge in [0.1, 0.15) is 0 Å². The molecule has 1 rings (SSSR count). The maximum Gasteiger partial charge on any atom is 0.243 e. The van der Waals surface area contributed by atoms with E-state index in [1.54, 1.807) is 24.3 Å². The molecule has 1 atom stereocenters. The zero-order valence-corrected chi connectivity index (χ0v) is 12.9. The standard InChI is InChI=1S/C15H19Cl2NO2/c1-11(10-19)3-2-8-18-15(20)7-5-12-4-6-13(16)14(17)9-12/h4-7,9,11,19H,2-3,8,10H2,1H3,(H,18,20)/b7-5+. The van der Waals surface area contributed by atoms with E-state index >= 15 is 0 Å². The summed E-state index contributed by atoms with van der Waals surface area (Å²) < 4.78 is 0. The van der Waals surface area contributed by atoms with Gasteiger partial charge in [-0.3, -0.25) is 4.79 Å². The van der Waals surface area contributed by atoms with Crippen LogP contribution in [0.4, 0.5) is 0 Å². The number of amides is 1. The summed E-state index contributed by atoms with van der Waals surface area (Å²) >= 11 is 11.7. The minimum atomic E-state index is -0.146. The molecule has 0 fully saturated rings. The van der Waals surface area contributed by atoms with Gasteiger partial charge in [0.25, 0.3) is 0 Å².